The van der Waals surface area contributed by atoms with Crippen molar-refractivity contribution in [3.8, 4) is 0 Å². The summed E-state index contributed by atoms with van der Waals surface area (Å²) < 4.78 is 4.79. The van der Waals surface area contributed by atoms with Crippen LogP contribution in [0.1, 0.15) is 30.6 Å². The summed E-state index contributed by atoms with van der Waals surface area (Å²) >= 11 is 0. The number of ether oxygens (including phenoxy) is 1. The average Bonchev–Trinajstić information content (AvgIpc) is 2.46. The third-order valence-electron chi connectivity index (χ3n) is 3.20. The maximum atomic E-state index is 11.7. The van der Waals surface area contributed by atoms with Gasteiger partial charge in [-0.3, -0.25) is 0 Å². The van der Waals surface area contributed by atoms with Crippen molar-refractivity contribution in [3.05, 3.63) is 36.0 Å². The number of hydrogen-bond acceptors (Lipinski definition) is 4. The number of fused-ring (bicyclic) bond motifs is 1. The highest BCUT2D eigenvalue weighted by Crippen LogP contribution is 2.25. The first kappa shape index (κ1) is 13.3. The van der Waals surface area contributed by atoms with E-state index in [0.29, 0.717) is 11.6 Å². The van der Waals surface area contributed by atoms with Crippen LogP contribution in [-0.2, 0) is 4.74 Å². The number of carbonyl (C=O) groups excluding carboxylic acids is 1. The summed E-state index contributed by atoms with van der Waals surface area (Å²) in [6.45, 7) is 4.22. The lowest BCUT2D eigenvalue weighted by molar-refractivity contribution is 0.0602. The molecule has 1 unspecified atom stereocenters. The van der Waals surface area contributed by atoms with E-state index < -0.39 is 0 Å². The van der Waals surface area contributed by atoms with Gasteiger partial charge in [0.25, 0.3) is 0 Å². The van der Waals surface area contributed by atoms with E-state index in [0.717, 1.165) is 23.0 Å². The van der Waals surface area contributed by atoms with Crippen molar-refractivity contribution >= 4 is 22.6 Å². The maximum Gasteiger partial charge on any atom is 0.340 e. The minimum Gasteiger partial charge on any atom is -0.465 e. The minimum atomic E-state index is -0.362. The Kier molecular flexibility index (Phi) is 4.00. The Balaban J connectivity index is 2.55. The van der Waals surface area contributed by atoms with Gasteiger partial charge < -0.3 is 10.1 Å². The third kappa shape index (κ3) is 2.67. The normalized spacial score (nSPS) is 12.2. The largest absolute Gasteiger partial charge is 0.465 e. The highest BCUT2D eigenvalue weighted by molar-refractivity contribution is 6.07. The van der Waals surface area contributed by atoms with Crippen LogP contribution >= 0.6 is 0 Å². The average molecular weight is 258 g/mol. The molecule has 1 atom stereocenters. The molecule has 1 aromatic heterocycles. The SMILES string of the molecule is CCC(C)Nc1ncc(C(=O)OC)c2ccccc12. The number of pyridine rings is 1. The van der Waals surface area contributed by atoms with Crippen molar-refractivity contribution in [1.82, 2.24) is 4.98 Å². The van der Waals surface area contributed by atoms with Crippen LogP contribution in [0.4, 0.5) is 5.82 Å². The van der Waals surface area contributed by atoms with Gasteiger partial charge in [0.2, 0.25) is 0 Å². The fourth-order valence-electron chi connectivity index (χ4n) is 1.92. The highest BCUT2D eigenvalue weighted by atomic mass is 16.5. The molecule has 4 heteroatoms. The molecule has 0 saturated carbocycles. The smallest absolute Gasteiger partial charge is 0.340 e. The van der Waals surface area contributed by atoms with E-state index in [2.05, 4.69) is 24.1 Å². The molecule has 100 valence electrons. The first-order chi connectivity index (χ1) is 9.17. The van der Waals surface area contributed by atoms with Gasteiger partial charge in [-0.25, -0.2) is 9.78 Å². The van der Waals surface area contributed by atoms with Gasteiger partial charge in [0, 0.05) is 23.0 Å². The molecule has 19 heavy (non-hydrogen) atoms. The Morgan fingerprint density at radius 2 is 2.05 bits per heavy atom. The molecule has 0 saturated heterocycles. The zero-order valence-electron chi connectivity index (χ0n) is 11.4. The second-order valence-electron chi connectivity index (χ2n) is 4.51. The first-order valence-corrected chi connectivity index (χ1v) is 6.40. The van der Waals surface area contributed by atoms with E-state index in [-0.39, 0.29) is 5.97 Å². The quantitative estimate of drug-likeness (QED) is 0.855. The first-order valence-electron chi connectivity index (χ1n) is 6.40. The Hall–Kier alpha value is -2.10. The molecular formula is C15H18N2O2. The second-order valence-corrected chi connectivity index (χ2v) is 4.51. The molecule has 4 nitrogen and oxygen atoms in total. The van der Waals surface area contributed by atoms with E-state index in [1.165, 1.54) is 7.11 Å². The van der Waals surface area contributed by atoms with Crippen LogP contribution in [0.15, 0.2) is 30.5 Å². The van der Waals surface area contributed by atoms with E-state index in [9.17, 15) is 4.79 Å². The van der Waals surface area contributed by atoms with Crippen LogP contribution in [0.25, 0.3) is 10.8 Å². The second kappa shape index (κ2) is 5.69. The van der Waals surface area contributed by atoms with Gasteiger partial charge in [-0.2, -0.15) is 0 Å². The number of esters is 1. The zero-order valence-corrected chi connectivity index (χ0v) is 11.4. The van der Waals surface area contributed by atoms with Gasteiger partial charge in [0.05, 0.1) is 12.7 Å². The Morgan fingerprint density at radius 1 is 1.37 bits per heavy atom. The highest BCUT2D eigenvalue weighted by Gasteiger charge is 2.14. The molecule has 0 aliphatic rings. The van der Waals surface area contributed by atoms with E-state index >= 15 is 0 Å². The molecular weight excluding hydrogens is 240 g/mol. The number of methoxy groups -OCH3 is 1. The van der Waals surface area contributed by atoms with Crippen molar-refractivity contribution in [2.75, 3.05) is 12.4 Å². The summed E-state index contributed by atoms with van der Waals surface area (Å²) in [6.07, 6.45) is 2.58. The van der Waals surface area contributed by atoms with E-state index in [1.807, 2.05) is 24.3 Å². The van der Waals surface area contributed by atoms with Crippen LogP contribution < -0.4 is 5.32 Å². The van der Waals surface area contributed by atoms with Crippen molar-refractivity contribution in [3.63, 3.8) is 0 Å². The Morgan fingerprint density at radius 3 is 2.68 bits per heavy atom. The van der Waals surface area contributed by atoms with E-state index in [4.69, 9.17) is 4.74 Å². The summed E-state index contributed by atoms with van der Waals surface area (Å²) in [5, 5.41) is 5.15. The van der Waals surface area contributed by atoms with Gasteiger partial charge in [0.15, 0.2) is 0 Å². The Labute approximate surface area is 112 Å². The monoisotopic (exact) mass is 258 g/mol. The molecule has 1 heterocycles. The molecule has 0 bridgehead atoms. The lowest BCUT2D eigenvalue weighted by Crippen LogP contribution is -2.15. The van der Waals surface area contributed by atoms with Crippen LogP contribution in [0.2, 0.25) is 0 Å². The van der Waals surface area contributed by atoms with Gasteiger partial charge in [-0.1, -0.05) is 31.2 Å². The number of nitrogens with zero attached hydrogens (tertiary/aromatic N) is 1. The van der Waals surface area contributed by atoms with Crippen molar-refractivity contribution < 1.29 is 9.53 Å². The third-order valence-corrected chi connectivity index (χ3v) is 3.20. The fraction of sp³-hybridized carbons (Fsp3) is 0.333. The number of aromatic nitrogens is 1. The maximum absolute atomic E-state index is 11.7. The summed E-state index contributed by atoms with van der Waals surface area (Å²) in [7, 11) is 1.38. The van der Waals surface area contributed by atoms with Gasteiger partial charge >= 0.3 is 5.97 Å². The zero-order chi connectivity index (χ0) is 13.8. The summed E-state index contributed by atoms with van der Waals surface area (Å²) in [5.41, 5.74) is 0.493. The van der Waals surface area contributed by atoms with Crippen LogP contribution in [0.5, 0.6) is 0 Å². The van der Waals surface area contributed by atoms with Crippen LogP contribution in [0, 0.1) is 0 Å². The molecule has 1 aromatic carbocycles. The van der Waals surface area contributed by atoms with Crippen LogP contribution in [0.3, 0.4) is 0 Å². The molecule has 2 rings (SSSR count). The molecule has 0 radical (unpaired) electrons. The number of anilines is 1. The summed E-state index contributed by atoms with van der Waals surface area (Å²) in [5.74, 6) is 0.441. The fourth-order valence-corrected chi connectivity index (χ4v) is 1.92. The van der Waals surface area contributed by atoms with Gasteiger partial charge in [-0.15, -0.1) is 0 Å². The molecule has 0 aliphatic carbocycles. The number of hydrogen-bond donors (Lipinski definition) is 1. The molecule has 1 N–H and O–H groups in total. The predicted octanol–water partition coefficient (Wildman–Crippen LogP) is 3.23. The summed E-state index contributed by atoms with van der Waals surface area (Å²) in [4.78, 5) is 16.1. The van der Waals surface area contributed by atoms with Gasteiger partial charge in [-0.05, 0) is 13.3 Å². The predicted molar refractivity (Wildman–Crippen MR) is 76.5 cm³/mol. The standard InChI is InChI=1S/C15H18N2O2/c1-4-10(2)17-14-12-8-6-5-7-11(12)13(9-16-14)15(18)19-3/h5-10H,4H2,1-3H3,(H,16,17). The number of nitrogens with one attached hydrogen (secondary N) is 1. The number of benzene rings is 1. The molecule has 0 aliphatic heterocycles. The number of carbonyl (C=O) groups is 1. The Bertz CT molecular complexity index is 596. The summed E-state index contributed by atoms with van der Waals surface area (Å²) in [6, 6.07) is 8.04. The lowest BCUT2D eigenvalue weighted by atomic mass is 10.1. The minimum absolute atomic E-state index is 0.333. The molecule has 0 amide bonds. The van der Waals surface area contributed by atoms with E-state index in [1.54, 1.807) is 6.20 Å². The molecule has 0 spiro atoms. The van der Waals surface area contributed by atoms with Crippen molar-refractivity contribution in [1.29, 1.82) is 0 Å². The van der Waals surface area contributed by atoms with Crippen molar-refractivity contribution in [2.24, 2.45) is 0 Å². The lowest BCUT2D eigenvalue weighted by Gasteiger charge is -2.15. The topological polar surface area (TPSA) is 51.2 Å². The molecule has 0 fully saturated rings. The van der Waals surface area contributed by atoms with Gasteiger partial charge in [0.1, 0.15) is 5.82 Å². The van der Waals surface area contributed by atoms with Crippen LogP contribution in [-0.4, -0.2) is 24.1 Å². The number of rotatable bonds is 4. The molecule has 2 aromatic rings. The van der Waals surface area contributed by atoms with Crippen molar-refractivity contribution in [2.45, 2.75) is 26.3 Å².